The lowest BCUT2D eigenvalue weighted by atomic mass is 9.90. The number of rotatable bonds is 5. The Hall–Kier alpha value is -3.18. The first-order valence-corrected chi connectivity index (χ1v) is 8.45. The minimum Gasteiger partial charge on any atom is -0.480 e. The summed E-state index contributed by atoms with van der Waals surface area (Å²) in [5, 5.41) is 18.0. The Morgan fingerprint density at radius 1 is 0.923 bits per heavy atom. The van der Waals surface area contributed by atoms with E-state index in [1.807, 2.05) is 18.2 Å². The summed E-state index contributed by atoms with van der Waals surface area (Å²) in [6.45, 7) is -0.426. The van der Waals surface area contributed by atoms with Crippen molar-refractivity contribution in [3.8, 4) is 0 Å². The number of aliphatic carboxylic acids is 1. The molecule has 0 aliphatic rings. The molecule has 130 valence electrons. The Balaban J connectivity index is 1.76. The van der Waals surface area contributed by atoms with Crippen molar-refractivity contribution in [2.75, 3.05) is 6.54 Å². The van der Waals surface area contributed by atoms with Crippen LogP contribution in [0, 0.1) is 0 Å². The molecule has 0 saturated heterocycles. The van der Waals surface area contributed by atoms with Crippen molar-refractivity contribution in [2.24, 2.45) is 5.73 Å². The van der Waals surface area contributed by atoms with Crippen LogP contribution in [0.3, 0.4) is 0 Å². The van der Waals surface area contributed by atoms with Crippen LogP contribution in [0.4, 0.5) is 0 Å². The molecule has 26 heavy (non-hydrogen) atoms. The fraction of sp³-hybridized carbons (Fsp3) is 0.143. The van der Waals surface area contributed by atoms with Crippen molar-refractivity contribution < 1.29 is 14.7 Å². The number of carbonyl (C=O) groups is 2. The number of carboxylic acids is 1. The molecule has 0 unspecified atom stereocenters. The fourth-order valence-corrected chi connectivity index (χ4v) is 3.60. The van der Waals surface area contributed by atoms with Gasteiger partial charge < -0.3 is 16.2 Å². The van der Waals surface area contributed by atoms with Gasteiger partial charge >= 0.3 is 5.97 Å². The molecule has 5 nitrogen and oxygen atoms in total. The van der Waals surface area contributed by atoms with Gasteiger partial charge in [0.05, 0.1) is 6.04 Å². The zero-order chi connectivity index (χ0) is 18.3. The molecule has 0 aliphatic carbocycles. The molecule has 5 heteroatoms. The first-order chi connectivity index (χ1) is 12.5. The summed E-state index contributed by atoms with van der Waals surface area (Å²) in [4.78, 5) is 22.6. The number of hydrogen-bond donors (Lipinski definition) is 3. The Bertz CT molecular complexity index is 1120. The smallest absolute Gasteiger partial charge is 0.322 e. The predicted octanol–water partition coefficient (Wildman–Crippen LogP) is 2.65. The first kappa shape index (κ1) is 16.3. The Kier molecular flexibility index (Phi) is 3.93. The lowest BCUT2D eigenvalue weighted by Crippen LogP contribution is -2.43. The lowest BCUT2D eigenvalue weighted by Gasteiger charge is -2.16. The summed E-state index contributed by atoms with van der Waals surface area (Å²) >= 11 is 0. The second kappa shape index (κ2) is 6.28. The van der Waals surface area contributed by atoms with Crippen LogP contribution in [-0.2, 0) is 16.0 Å². The average molecular weight is 346 g/mol. The summed E-state index contributed by atoms with van der Waals surface area (Å²) in [5.74, 6) is -1.55. The normalized spacial score (nSPS) is 12.7. The summed E-state index contributed by atoms with van der Waals surface area (Å²) in [6, 6.07) is 17.9. The van der Waals surface area contributed by atoms with Crippen molar-refractivity contribution in [2.45, 2.75) is 12.5 Å². The number of nitrogens with two attached hydrogens (primary N) is 1. The molecule has 4 N–H and O–H groups in total. The van der Waals surface area contributed by atoms with Crippen LogP contribution in [0.15, 0.2) is 54.6 Å². The van der Waals surface area contributed by atoms with Gasteiger partial charge in [-0.1, -0.05) is 54.6 Å². The van der Waals surface area contributed by atoms with Crippen LogP contribution >= 0.6 is 0 Å². The monoisotopic (exact) mass is 346 g/mol. The number of carbonyl (C=O) groups excluding carboxylic acids is 1. The van der Waals surface area contributed by atoms with Gasteiger partial charge in [0.2, 0.25) is 5.91 Å². The number of nitrogens with one attached hydrogen (secondary N) is 1. The van der Waals surface area contributed by atoms with Crippen molar-refractivity contribution in [1.29, 1.82) is 0 Å². The molecule has 0 fully saturated rings. The van der Waals surface area contributed by atoms with Crippen LogP contribution in [0.1, 0.15) is 5.56 Å². The summed E-state index contributed by atoms with van der Waals surface area (Å²) in [5.41, 5.74) is 6.98. The highest BCUT2D eigenvalue weighted by Gasteiger charge is 2.17. The van der Waals surface area contributed by atoms with Gasteiger partial charge in [-0.05, 0) is 44.3 Å². The Morgan fingerprint density at radius 2 is 1.54 bits per heavy atom. The highest BCUT2D eigenvalue weighted by molar-refractivity contribution is 6.23. The van der Waals surface area contributed by atoms with Crippen molar-refractivity contribution in [1.82, 2.24) is 5.32 Å². The van der Waals surface area contributed by atoms with E-state index in [-0.39, 0.29) is 0 Å². The van der Waals surface area contributed by atoms with E-state index in [2.05, 4.69) is 41.7 Å². The summed E-state index contributed by atoms with van der Waals surface area (Å²) < 4.78 is 0. The molecule has 0 saturated carbocycles. The van der Waals surface area contributed by atoms with Crippen LogP contribution in [-0.4, -0.2) is 29.6 Å². The van der Waals surface area contributed by atoms with Crippen LogP contribution < -0.4 is 11.1 Å². The third-order valence-corrected chi connectivity index (χ3v) is 4.81. The van der Waals surface area contributed by atoms with E-state index in [0.29, 0.717) is 6.42 Å². The van der Waals surface area contributed by atoms with Crippen molar-refractivity contribution >= 4 is 44.2 Å². The molecule has 4 rings (SSSR count). The van der Waals surface area contributed by atoms with Gasteiger partial charge in [0, 0.05) is 0 Å². The second-order valence-corrected chi connectivity index (χ2v) is 6.50. The van der Waals surface area contributed by atoms with E-state index >= 15 is 0 Å². The molecular formula is C21H18N2O3. The number of benzene rings is 4. The minimum atomic E-state index is -1.09. The molecule has 0 aromatic heterocycles. The SMILES string of the molecule is N[C@@H](Cc1ccc2ccc3cccc4ccc1c2c34)C(=O)NCC(=O)O. The standard InChI is InChI=1S/C21H18N2O3/c22-17(21(26)23-11-18(24)25)10-15-7-6-14-5-4-12-2-1-3-13-8-9-16(15)20(14)19(12)13/h1-9,17H,10-11,22H2,(H,23,26)(H,24,25)/t17-/m0/s1. The van der Waals surface area contributed by atoms with Gasteiger partial charge in [0.1, 0.15) is 6.54 Å². The van der Waals surface area contributed by atoms with Crippen LogP contribution in [0.5, 0.6) is 0 Å². The molecule has 0 aliphatic heterocycles. The maximum Gasteiger partial charge on any atom is 0.322 e. The molecule has 4 aromatic carbocycles. The van der Waals surface area contributed by atoms with Gasteiger partial charge in [-0.15, -0.1) is 0 Å². The van der Waals surface area contributed by atoms with E-state index in [1.165, 1.54) is 21.5 Å². The quantitative estimate of drug-likeness (QED) is 0.484. The first-order valence-electron chi connectivity index (χ1n) is 8.45. The molecule has 0 heterocycles. The minimum absolute atomic E-state index is 0.347. The van der Waals surface area contributed by atoms with E-state index in [0.717, 1.165) is 16.3 Å². The Labute approximate surface area is 149 Å². The van der Waals surface area contributed by atoms with Gasteiger partial charge in [-0.25, -0.2) is 0 Å². The molecule has 4 aromatic rings. The zero-order valence-electron chi connectivity index (χ0n) is 14.0. The van der Waals surface area contributed by atoms with Gasteiger partial charge in [0.25, 0.3) is 0 Å². The maximum atomic E-state index is 12.0. The van der Waals surface area contributed by atoms with Crippen molar-refractivity contribution in [3.05, 3.63) is 60.2 Å². The van der Waals surface area contributed by atoms with Gasteiger partial charge in [-0.2, -0.15) is 0 Å². The third kappa shape index (κ3) is 2.72. The molecule has 1 amide bonds. The largest absolute Gasteiger partial charge is 0.480 e. The highest BCUT2D eigenvalue weighted by Crippen LogP contribution is 2.36. The predicted molar refractivity (Wildman–Crippen MR) is 102 cm³/mol. The summed E-state index contributed by atoms with van der Waals surface area (Å²) in [7, 11) is 0. The number of carboxylic acid groups (broad SMARTS) is 1. The molecular weight excluding hydrogens is 328 g/mol. The highest BCUT2D eigenvalue weighted by atomic mass is 16.4. The third-order valence-electron chi connectivity index (χ3n) is 4.81. The average Bonchev–Trinajstić information content (AvgIpc) is 2.65. The summed E-state index contributed by atoms with van der Waals surface area (Å²) in [6.07, 6.45) is 0.347. The van der Waals surface area contributed by atoms with E-state index in [4.69, 9.17) is 10.8 Å². The lowest BCUT2D eigenvalue weighted by molar-refractivity contribution is -0.138. The van der Waals surface area contributed by atoms with Gasteiger partial charge in [0.15, 0.2) is 0 Å². The van der Waals surface area contributed by atoms with Crippen molar-refractivity contribution in [3.63, 3.8) is 0 Å². The molecule has 1 atom stereocenters. The van der Waals surface area contributed by atoms with Crippen LogP contribution in [0.2, 0.25) is 0 Å². The second-order valence-electron chi connectivity index (χ2n) is 6.50. The van der Waals surface area contributed by atoms with Crippen LogP contribution in [0.25, 0.3) is 32.3 Å². The molecule has 0 bridgehead atoms. The molecule has 0 spiro atoms. The topological polar surface area (TPSA) is 92.4 Å². The molecule has 0 radical (unpaired) electrons. The van der Waals surface area contributed by atoms with Gasteiger partial charge in [-0.3, -0.25) is 9.59 Å². The van der Waals surface area contributed by atoms with E-state index in [1.54, 1.807) is 0 Å². The van der Waals surface area contributed by atoms with E-state index < -0.39 is 24.5 Å². The number of amides is 1. The zero-order valence-corrected chi connectivity index (χ0v) is 14.0. The Morgan fingerprint density at radius 3 is 2.23 bits per heavy atom. The fourth-order valence-electron chi connectivity index (χ4n) is 3.60. The number of hydrogen-bond acceptors (Lipinski definition) is 3. The van der Waals surface area contributed by atoms with E-state index in [9.17, 15) is 9.59 Å². The maximum absolute atomic E-state index is 12.0.